The third kappa shape index (κ3) is 12.0. The zero-order valence-corrected chi connectivity index (χ0v) is 25.0. The average molecular weight is 611 g/mol. The molecule has 13 heteroatoms. The fraction of sp³-hybridized carbons (Fsp3) is 0.387. The highest BCUT2D eigenvalue weighted by Gasteiger charge is 2.18. The number of esters is 2. The number of anilines is 2. The Morgan fingerprint density at radius 3 is 1.48 bits per heavy atom. The molecule has 0 saturated carbocycles. The minimum Gasteiger partial charge on any atom is -0.463 e. The summed E-state index contributed by atoms with van der Waals surface area (Å²) in [5.74, 6) is -0.350. The van der Waals surface area contributed by atoms with Gasteiger partial charge in [0.15, 0.2) is 0 Å². The largest absolute Gasteiger partial charge is 0.463 e. The standard InChI is InChI=1S/C15H18N2O4.C11H12N2O3.C5H8O2/c1-2-21-15(18)11-12-7-9-16(10-8-12)13-3-5-14(6-4-13)17(19)20;14-11-5-7-12(8-6-11)9-1-3-10(4-2-9)13(15)16;1-3-5(6)7-4-2/h3-6,11H,2,7-10H2,1H3;1-4H,5-8H2;3H,1,4H2,2H3. The van der Waals surface area contributed by atoms with Crippen LogP contribution in [0.25, 0.3) is 0 Å². The smallest absolute Gasteiger partial charge is 0.330 e. The van der Waals surface area contributed by atoms with Crippen LogP contribution in [-0.2, 0) is 23.9 Å². The maximum Gasteiger partial charge on any atom is 0.330 e. The highest BCUT2D eigenvalue weighted by Crippen LogP contribution is 2.25. The number of carbonyl (C=O) groups excluding carboxylic acids is 3. The van der Waals surface area contributed by atoms with E-state index in [0.717, 1.165) is 49.0 Å². The molecule has 0 radical (unpaired) electrons. The first-order chi connectivity index (χ1) is 21.1. The Hall–Kier alpha value is -5.07. The second-order valence-electron chi connectivity index (χ2n) is 9.57. The molecule has 0 aliphatic carbocycles. The molecule has 2 aliphatic rings. The van der Waals surface area contributed by atoms with Crippen molar-refractivity contribution in [2.45, 2.75) is 39.5 Å². The van der Waals surface area contributed by atoms with E-state index < -0.39 is 9.85 Å². The van der Waals surface area contributed by atoms with Gasteiger partial charge < -0.3 is 19.3 Å². The molecule has 4 rings (SSSR count). The lowest BCUT2D eigenvalue weighted by atomic mass is 10.0. The Morgan fingerprint density at radius 2 is 1.14 bits per heavy atom. The number of nitrogens with zero attached hydrogens (tertiary/aromatic N) is 4. The summed E-state index contributed by atoms with van der Waals surface area (Å²) in [6.45, 7) is 10.5. The number of hydrogen-bond donors (Lipinski definition) is 0. The monoisotopic (exact) mass is 610 g/mol. The summed E-state index contributed by atoms with van der Waals surface area (Å²) >= 11 is 0. The van der Waals surface area contributed by atoms with Gasteiger partial charge in [0.2, 0.25) is 0 Å². The van der Waals surface area contributed by atoms with Gasteiger partial charge in [-0.1, -0.05) is 12.2 Å². The molecular formula is C31H38N4O9. The zero-order valence-electron chi connectivity index (χ0n) is 25.0. The summed E-state index contributed by atoms with van der Waals surface area (Å²) in [4.78, 5) is 57.1. The summed E-state index contributed by atoms with van der Waals surface area (Å²) < 4.78 is 9.33. The van der Waals surface area contributed by atoms with Crippen LogP contribution in [0.5, 0.6) is 0 Å². The van der Waals surface area contributed by atoms with Gasteiger partial charge in [-0.2, -0.15) is 0 Å². The highest BCUT2D eigenvalue weighted by atomic mass is 16.6. The quantitative estimate of drug-likeness (QED) is 0.167. The predicted octanol–water partition coefficient (Wildman–Crippen LogP) is 5.18. The van der Waals surface area contributed by atoms with Crippen LogP contribution in [0.4, 0.5) is 22.7 Å². The molecule has 2 aliphatic heterocycles. The van der Waals surface area contributed by atoms with E-state index >= 15 is 0 Å². The van der Waals surface area contributed by atoms with E-state index in [1.807, 2.05) is 0 Å². The molecule has 2 fully saturated rings. The molecule has 2 aromatic rings. The first-order valence-electron chi connectivity index (χ1n) is 14.2. The molecule has 0 N–H and O–H groups in total. The molecule has 0 atom stereocenters. The summed E-state index contributed by atoms with van der Waals surface area (Å²) in [5.41, 5.74) is 3.19. The summed E-state index contributed by atoms with van der Waals surface area (Å²) in [5, 5.41) is 21.1. The van der Waals surface area contributed by atoms with Crippen molar-refractivity contribution >= 4 is 40.5 Å². The number of Topliss-reactive ketones (excluding diaryl/α,β-unsaturated/α-hetero) is 1. The Morgan fingerprint density at radius 1 is 0.750 bits per heavy atom. The van der Waals surface area contributed by atoms with Crippen LogP contribution < -0.4 is 9.80 Å². The van der Waals surface area contributed by atoms with E-state index in [4.69, 9.17) is 4.74 Å². The van der Waals surface area contributed by atoms with Crippen LogP contribution >= 0.6 is 0 Å². The first-order valence-corrected chi connectivity index (χ1v) is 14.2. The molecule has 2 aromatic carbocycles. The van der Waals surface area contributed by atoms with E-state index in [9.17, 15) is 34.6 Å². The van der Waals surface area contributed by atoms with Crippen LogP contribution in [0.1, 0.15) is 39.5 Å². The average Bonchev–Trinajstić information content (AvgIpc) is 3.03. The van der Waals surface area contributed by atoms with Gasteiger partial charge in [-0.15, -0.1) is 0 Å². The molecule has 0 bridgehead atoms. The number of piperidine rings is 2. The number of benzene rings is 2. The molecule has 2 heterocycles. The van der Waals surface area contributed by atoms with E-state index in [0.29, 0.717) is 39.1 Å². The second kappa shape index (κ2) is 18.5. The predicted molar refractivity (Wildman–Crippen MR) is 166 cm³/mol. The fourth-order valence-electron chi connectivity index (χ4n) is 4.33. The molecular weight excluding hydrogens is 572 g/mol. The number of ketones is 1. The van der Waals surface area contributed by atoms with Crippen molar-refractivity contribution in [1.82, 2.24) is 0 Å². The van der Waals surface area contributed by atoms with Crippen LogP contribution in [0.15, 0.2) is 72.8 Å². The second-order valence-corrected chi connectivity index (χ2v) is 9.57. The Balaban J connectivity index is 0.000000259. The number of hydrogen-bond acceptors (Lipinski definition) is 11. The Bertz CT molecular complexity index is 1300. The van der Waals surface area contributed by atoms with Crippen molar-refractivity contribution in [3.63, 3.8) is 0 Å². The first kappa shape index (κ1) is 35.1. The van der Waals surface area contributed by atoms with Gasteiger partial charge in [-0.05, 0) is 51.0 Å². The summed E-state index contributed by atoms with van der Waals surface area (Å²) in [6.07, 6.45) is 5.46. The number of rotatable bonds is 8. The van der Waals surface area contributed by atoms with Gasteiger partial charge in [0.1, 0.15) is 5.78 Å². The molecule has 13 nitrogen and oxygen atoms in total. The number of ether oxygens (including phenoxy) is 2. The third-order valence-corrected chi connectivity index (χ3v) is 6.64. The van der Waals surface area contributed by atoms with Crippen LogP contribution in [0.3, 0.4) is 0 Å². The lowest BCUT2D eigenvalue weighted by molar-refractivity contribution is -0.385. The van der Waals surface area contributed by atoms with Crippen LogP contribution in [0.2, 0.25) is 0 Å². The van der Waals surface area contributed by atoms with Crippen molar-refractivity contribution in [2.75, 3.05) is 49.2 Å². The molecule has 0 spiro atoms. The summed E-state index contributed by atoms with van der Waals surface area (Å²) in [7, 11) is 0. The van der Waals surface area contributed by atoms with Gasteiger partial charge >= 0.3 is 11.9 Å². The van der Waals surface area contributed by atoms with E-state index in [1.54, 1.807) is 44.2 Å². The van der Waals surface area contributed by atoms with E-state index in [1.165, 1.54) is 24.3 Å². The highest BCUT2D eigenvalue weighted by molar-refractivity contribution is 5.83. The van der Waals surface area contributed by atoms with Crippen LogP contribution in [-0.4, -0.2) is 67.0 Å². The van der Waals surface area contributed by atoms with Crippen molar-refractivity contribution in [1.29, 1.82) is 0 Å². The lowest BCUT2D eigenvalue weighted by Crippen LogP contribution is -2.33. The normalized spacial score (nSPS) is 14.1. The van der Waals surface area contributed by atoms with Crippen molar-refractivity contribution in [3.8, 4) is 0 Å². The summed E-state index contributed by atoms with van der Waals surface area (Å²) in [6, 6.07) is 13.0. The Labute approximate surface area is 256 Å². The van der Waals surface area contributed by atoms with Gasteiger partial charge in [0, 0.05) is 86.8 Å². The molecule has 0 unspecified atom stereocenters. The third-order valence-electron chi connectivity index (χ3n) is 6.64. The van der Waals surface area contributed by atoms with Crippen molar-refractivity contribution in [3.05, 3.63) is 93.1 Å². The number of carbonyl (C=O) groups is 3. The molecule has 0 amide bonds. The maximum absolute atomic E-state index is 11.4. The van der Waals surface area contributed by atoms with Crippen molar-refractivity contribution in [2.24, 2.45) is 0 Å². The Kier molecular flexibility index (Phi) is 14.7. The van der Waals surface area contributed by atoms with E-state index in [-0.39, 0.29) is 29.1 Å². The zero-order chi connectivity index (χ0) is 32.5. The minimum absolute atomic E-state index is 0.0943. The number of nitro groups is 2. The van der Waals surface area contributed by atoms with Crippen molar-refractivity contribution < 1.29 is 33.7 Å². The molecule has 44 heavy (non-hydrogen) atoms. The van der Waals surface area contributed by atoms with Crippen LogP contribution in [0, 0.1) is 20.2 Å². The number of nitro benzene ring substituents is 2. The minimum atomic E-state index is -0.413. The molecule has 2 saturated heterocycles. The topological polar surface area (TPSA) is 162 Å². The van der Waals surface area contributed by atoms with Gasteiger partial charge in [0.25, 0.3) is 11.4 Å². The van der Waals surface area contributed by atoms with E-state index in [2.05, 4.69) is 21.1 Å². The fourth-order valence-corrected chi connectivity index (χ4v) is 4.33. The molecule has 236 valence electrons. The SMILES string of the molecule is C=CC(=O)OCC.CCOC(=O)C=C1CCN(c2ccc([N+](=O)[O-])cc2)CC1.O=C1CCN(c2ccc([N+](=O)[O-])cc2)CC1. The van der Waals surface area contributed by atoms with Gasteiger partial charge in [-0.25, -0.2) is 9.59 Å². The van der Waals surface area contributed by atoms with Gasteiger partial charge in [-0.3, -0.25) is 25.0 Å². The number of non-ortho nitro benzene ring substituents is 2. The molecule has 0 aromatic heterocycles. The lowest BCUT2D eigenvalue weighted by Gasteiger charge is -2.30. The van der Waals surface area contributed by atoms with Gasteiger partial charge in [0.05, 0.1) is 23.1 Å². The maximum atomic E-state index is 11.4.